The fourth-order valence-electron chi connectivity index (χ4n) is 3.08. The van der Waals surface area contributed by atoms with Crippen LogP contribution in [-0.2, 0) is 4.79 Å². The predicted molar refractivity (Wildman–Crippen MR) is 108 cm³/mol. The number of hydrogen-bond acceptors (Lipinski definition) is 3. The lowest BCUT2D eigenvalue weighted by atomic mass is 10.0. The number of piperidine rings is 1. The topological polar surface area (TPSA) is 41.6 Å². The van der Waals surface area contributed by atoms with E-state index in [0.29, 0.717) is 25.0 Å². The van der Waals surface area contributed by atoms with Crippen LogP contribution in [0.25, 0.3) is 0 Å². The van der Waals surface area contributed by atoms with E-state index in [4.69, 9.17) is 4.74 Å². The van der Waals surface area contributed by atoms with Gasteiger partial charge in [-0.05, 0) is 50.3 Å². The van der Waals surface area contributed by atoms with Crippen molar-refractivity contribution in [2.45, 2.75) is 58.9 Å². The summed E-state index contributed by atoms with van der Waals surface area (Å²) < 4.78 is 5.70. The molecule has 1 aliphatic rings. The number of amides is 1. The predicted octanol–water partition coefficient (Wildman–Crippen LogP) is 4.13. The molecule has 1 aliphatic heterocycles. The Morgan fingerprint density at radius 2 is 1.88 bits per heavy atom. The van der Waals surface area contributed by atoms with Crippen LogP contribution in [0.4, 0.5) is 0 Å². The van der Waals surface area contributed by atoms with Crippen molar-refractivity contribution >= 4 is 5.91 Å². The number of nitrogens with zero attached hydrogens (tertiary/aromatic N) is 1. The summed E-state index contributed by atoms with van der Waals surface area (Å²) in [7, 11) is 0. The molecule has 2 rings (SSSR count). The number of rotatable bonds is 8. The standard InChI is InChI=1S/C22H34N2O2/c1-17(2)9-13-24-14-10-20(11-15-24)23-22(25)12-16-26-21-7-5-19(6-8-21)18(3)4/h5-9,18,20H,10-16H2,1-4H3,(H,23,25). The first-order chi connectivity index (χ1) is 12.4. The molecule has 4 heteroatoms. The van der Waals surface area contributed by atoms with Gasteiger partial charge in [0, 0.05) is 25.7 Å². The Morgan fingerprint density at radius 1 is 1.23 bits per heavy atom. The third kappa shape index (κ3) is 7.20. The fourth-order valence-corrected chi connectivity index (χ4v) is 3.08. The van der Waals surface area contributed by atoms with E-state index in [0.717, 1.165) is 38.2 Å². The first-order valence-electron chi connectivity index (χ1n) is 9.82. The van der Waals surface area contributed by atoms with Crippen molar-refractivity contribution in [2.75, 3.05) is 26.2 Å². The fraction of sp³-hybridized carbons (Fsp3) is 0.591. The normalized spacial score (nSPS) is 15.7. The van der Waals surface area contributed by atoms with Gasteiger partial charge in [-0.1, -0.05) is 37.6 Å². The van der Waals surface area contributed by atoms with Crippen molar-refractivity contribution in [1.82, 2.24) is 10.2 Å². The molecule has 144 valence electrons. The van der Waals surface area contributed by atoms with Gasteiger partial charge in [0.05, 0.1) is 13.0 Å². The Kier molecular flexibility index (Phi) is 8.17. The van der Waals surface area contributed by atoms with Crippen LogP contribution in [0.15, 0.2) is 35.9 Å². The van der Waals surface area contributed by atoms with E-state index in [1.807, 2.05) is 12.1 Å². The maximum Gasteiger partial charge on any atom is 0.223 e. The first kappa shape index (κ1) is 20.5. The van der Waals surface area contributed by atoms with Gasteiger partial charge < -0.3 is 10.1 Å². The van der Waals surface area contributed by atoms with Crippen molar-refractivity contribution in [3.8, 4) is 5.75 Å². The maximum absolute atomic E-state index is 12.1. The molecule has 4 nitrogen and oxygen atoms in total. The molecule has 0 saturated carbocycles. The summed E-state index contributed by atoms with van der Waals surface area (Å²) in [5.41, 5.74) is 2.66. The summed E-state index contributed by atoms with van der Waals surface area (Å²) in [5.74, 6) is 1.43. The third-order valence-corrected chi connectivity index (χ3v) is 4.86. The van der Waals surface area contributed by atoms with Crippen LogP contribution >= 0.6 is 0 Å². The summed E-state index contributed by atoms with van der Waals surface area (Å²) in [5, 5.41) is 3.15. The first-order valence-corrected chi connectivity index (χ1v) is 9.82. The molecule has 0 bridgehead atoms. The van der Waals surface area contributed by atoms with Crippen LogP contribution in [0, 0.1) is 0 Å². The highest BCUT2D eigenvalue weighted by molar-refractivity contribution is 5.76. The van der Waals surface area contributed by atoms with Gasteiger partial charge in [0.25, 0.3) is 0 Å². The van der Waals surface area contributed by atoms with E-state index in [1.165, 1.54) is 11.1 Å². The number of benzene rings is 1. The number of allylic oxidation sites excluding steroid dienone is 1. The minimum absolute atomic E-state index is 0.0894. The second-order valence-electron chi connectivity index (χ2n) is 7.75. The van der Waals surface area contributed by atoms with Crippen LogP contribution in [-0.4, -0.2) is 43.1 Å². The summed E-state index contributed by atoms with van der Waals surface area (Å²) in [4.78, 5) is 14.6. The number of likely N-dealkylation sites (tertiary alicyclic amines) is 1. The molecule has 1 heterocycles. The summed E-state index contributed by atoms with van der Waals surface area (Å²) in [6, 6.07) is 8.44. The molecular weight excluding hydrogens is 324 g/mol. The van der Waals surface area contributed by atoms with Gasteiger partial charge in [0.1, 0.15) is 5.75 Å². The molecule has 1 amide bonds. The van der Waals surface area contributed by atoms with Gasteiger partial charge in [0.15, 0.2) is 0 Å². The minimum atomic E-state index is 0.0894. The smallest absolute Gasteiger partial charge is 0.223 e. The van der Waals surface area contributed by atoms with E-state index in [2.05, 4.69) is 56.1 Å². The molecule has 1 fully saturated rings. The maximum atomic E-state index is 12.1. The largest absolute Gasteiger partial charge is 0.493 e. The Hall–Kier alpha value is -1.81. The molecule has 1 aromatic rings. The van der Waals surface area contributed by atoms with Crippen molar-refractivity contribution < 1.29 is 9.53 Å². The highest BCUT2D eigenvalue weighted by atomic mass is 16.5. The Balaban J connectivity index is 1.63. The lowest BCUT2D eigenvalue weighted by Crippen LogP contribution is -2.44. The van der Waals surface area contributed by atoms with Crippen LogP contribution < -0.4 is 10.1 Å². The molecule has 1 aromatic carbocycles. The Labute approximate surface area is 158 Å². The molecule has 0 aromatic heterocycles. The number of carbonyl (C=O) groups excluding carboxylic acids is 1. The molecular formula is C22H34N2O2. The molecule has 26 heavy (non-hydrogen) atoms. The van der Waals surface area contributed by atoms with E-state index >= 15 is 0 Å². The molecule has 1 saturated heterocycles. The van der Waals surface area contributed by atoms with Gasteiger partial charge in [-0.25, -0.2) is 0 Å². The second kappa shape index (κ2) is 10.4. The lowest BCUT2D eigenvalue weighted by Gasteiger charge is -2.31. The zero-order valence-corrected chi connectivity index (χ0v) is 16.8. The number of hydrogen-bond donors (Lipinski definition) is 1. The Bertz CT molecular complexity index is 581. The van der Waals surface area contributed by atoms with Crippen molar-refractivity contribution in [3.05, 3.63) is 41.5 Å². The second-order valence-corrected chi connectivity index (χ2v) is 7.75. The molecule has 1 N–H and O–H groups in total. The molecule has 0 spiro atoms. The van der Waals surface area contributed by atoms with Crippen LogP contribution in [0.5, 0.6) is 5.75 Å². The number of carbonyl (C=O) groups is 1. The zero-order chi connectivity index (χ0) is 18.9. The average molecular weight is 359 g/mol. The van der Waals surface area contributed by atoms with Crippen molar-refractivity contribution in [2.24, 2.45) is 0 Å². The van der Waals surface area contributed by atoms with Crippen LogP contribution in [0.2, 0.25) is 0 Å². The summed E-state index contributed by atoms with van der Waals surface area (Å²) >= 11 is 0. The molecule has 0 aliphatic carbocycles. The monoisotopic (exact) mass is 358 g/mol. The SMILES string of the molecule is CC(C)=CCN1CCC(NC(=O)CCOc2ccc(C(C)C)cc2)CC1. The Morgan fingerprint density at radius 3 is 2.46 bits per heavy atom. The van der Waals surface area contributed by atoms with Gasteiger partial charge in [0.2, 0.25) is 5.91 Å². The lowest BCUT2D eigenvalue weighted by molar-refractivity contribution is -0.122. The van der Waals surface area contributed by atoms with Crippen molar-refractivity contribution in [3.63, 3.8) is 0 Å². The summed E-state index contributed by atoms with van der Waals surface area (Å²) in [6.45, 7) is 12.2. The number of nitrogens with one attached hydrogen (secondary N) is 1. The molecule has 0 radical (unpaired) electrons. The summed E-state index contributed by atoms with van der Waals surface area (Å²) in [6.07, 6.45) is 4.73. The van der Waals surface area contributed by atoms with Crippen LogP contribution in [0.1, 0.15) is 58.4 Å². The number of ether oxygens (including phenoxy) is 1. The van der Waals surface area contributed by atoms with Gasteiger partial charge in [-0.15, -0.1) is 0 Å². The van der Waals surface area contributed by atoms with Gasteiger partial charge in [-0.2, -0.15) is 0 Å². The third-order valence-electron chi connectivity index (χ3n) is 4.86. The van der Waals surface area contributed by atoms with Crippen molar-refractivity contribution in [1.29, 1.82) is 0 Å². The quantitative estimate of drug-likeness (QED) is 0.711. The van der Waals surface area contributed by atoms with E-state index in [1.54, 1.807) is 0 Å². The van der Waals surface area contributed by atoms with Crippen LogP contribution in [0.3, 0.4) is 0 Å². The zero-order valence-electron chi connectivity index (χ0n) is 16.8. The highest BCUT2D eigenvalue weighted by Gasteiger charge is 2.19. The highest BCUT2D eigenvalue weighted by Crippen LogP contribution is 2.18. The van der Waals surface area contributed by atoms with E-state index in [-0.39, 0.29) is 5.91 Å². The average Bonchev–Trinajstić information content (AvgIpc) is 2.61. The van der Waals surface area contributed by atoms with Gasteiger partial charge >= 0.3 is 0 Å². The van der Waals surface area contributed by atoms with E-state index < -0.39 is 0 Å². The molecule has 0 atom stereocenters. The minimum Gasteiger partial charge on any atom is -0.493 e. The van der Waals surface area contributed by atoms with E-state index in [9.17, 15) is 4.79 Å². The van der Waals surface area contributed by atoms with Gasteiger partial charge in [-0.3, -0.25) is 9.69 Å². The molecule has 0 unspecified atom stereocenters.